The minimum Gasteiger partial charge on any atom is -0.467 e. The molecule has 0 saturated heterocycles. The summed E-state index contributed by atoms with van der Waals surface area (Å²) in [5, 5.41) is 2.57. The molecule has 3 rings (SSSR count). The summed E-state index contributed by atoms with van der Waals surface area (Å²) in [6.45, 7) is 2.85. The molecule has 0 radical (unpaired) electrons. The molecular formula is C29H33NO9. The molecule has 208 valence electrons. The second-order valence-corrected chi connectivity index (χ2v) is 8.98. The van der Waals surface area contributed by atoms with Crippen molar-refractivity contribution < 1.29 is 42.9 Å². The van der Waals surface area contributed by atoms with Crippen LogP contribution in [0.5, 0.6) is 0 Å². The molecule has 0 fully saturated rings. The third kappa shape index (κ3) is 9.57. The second-order valence-electron chi connectivity index (χ2n) is 8.98. The average Bonchev–Trinajstić information content (AvgIpc) is 2.94. The van der Waals surface area contributed by atoms with Crippen molar-refractivity contribution in [2.45, 2.75) is 45.1 Å². The van der Waals surface area contributed by atoms with E-state index in [0.717, 1.165) is 16.7 Å². The van der Waals surface area contributed by atoms with Gasteiger partial charge in [0.1, 0.15) is 38.1 Å². The van der Waals surface area contributed by atoms with Gasteiger partial charge in [-0.15, -0.1) is 0 Å². The fourth-order valence-corrected chi connectivity index (χ4v) is 3.95. The number of methoxy groups -OCH3 is 1. The molecular weight excluding hydrogens is 506 g/mol. The van der Waals surface area contributed by atoms with Crippen LogP contribution in [-0.4, -0.2) is 56.5 Å². The van der Waals surface area contributed by atoms with Crippen LogP contribution < -0.4 is 5.32 Å². The second kappa shape index (κ2) is 14.7. The van der Waals surface area contributed by atoms with Crippen molar-refractivity contribution >= 4 is 24.0 Å². The molecule has 1 N–H and O–H groups in total. The zero-order valence-electron chi connectivity index (χ0n) is 22.2. The van der Waals surface area contributed by atoms with E-state index in [9.17, 15) is 19.2 Å². The van der Waals surface area contributed by atoms with Crippen molar-refractivity contribution in [2.75, 3.05) is 20.3 Å². The highest BCUT2D eigenvalue weighted by atomic mass is 16.6. The van der Waals surface area contributed by atoms with Gasteiger partial charge in [-0.3, -0.25) is 9.59 Å². The number of hydrogen-bond acceptors (Lipinski definition) is 9. The molecule has 1 aliphatic heterocycles. The Hall–Kier alpha value is -4.18. The van der Waals surface area contributed by atoms with Gasteiger partial charge >= 0.3 is 24.0 Å². The molecule has 0 bridgehead atoms. The lowest BCUT2D eigenvalue weighted by Gasteiger charge is -2.32. The van der Waals surface area contributed by atoms with Gasteiger partial charge in [-0.25, -0.2) is 9.59 Å². The third-order valence-electron chi connectivity index (χ3n) is 6.00. The van der Waals surface area contributed by atoms with Gasteiger partial charge in [-0.1, -0.05) is 66.7 Å². The highest BCUT2D eigenvalue weighted by molar-refractivity contribution is 5.81. The summed E-state index contributed by atoms with van der Waals surface area (Å²) in [4.78, 5) is 47.2. The summed E-state index contributed by atoms with van der Waals surface area (Å²) in [7, 11) is 1.25. The zero-order chi connectivity index (χ0) is 28.2. The lowest BCUT2D eigenvalue weighted by Crippen LogP contribution is -2.43. The SMILES string of the molecule is COC(=O)[C@H](Cc1ccc([C@@H]2C=C[C@H](COC(C)=O)[C@@H](COC(C)=O)O2)cc1)NC(=O)OCc1ccccc1. The zero-order valence-corrected chi connectivity index (χ0v) is 22.2. The van der Waals surface area contributed by atoms with Crippen LogP contribution in [0.1, 0.15) is 36.6 Å². The van der Waals surface area contributed by atoms with Crippen LogP contribution >= 0.6 is 0 Å². The number of rotatable bonds is 11. The van der Waals surface area contributed by atoms with E-state index in [4.69, 9.17) is 23.7 Å². The van der Waals surface area contributed by atoms with E-state index >= 15 is 0 Å². The first kappa shape index (κ1) is 29.4. The van der Waals surface area contributed by atoms with E-state index < -0.39 is 42.3 Å². The van der Waals surface area contributed by atoms with Gasteiger partial charge in [-0.2, -0.15) is 0 Å². The van der Waals surface area contributed by atoms with E-state index in [-0.39, 0.29) is 32.2 Å². The fraction of sp³-hybridized carbons (Fsp3) is 0.379. The van der Waals surface area contributed by atoms with Crippen molar-refractivity contribution in [2.24, 2.45) is 5.92 Å². The number of carbonyl (C=O) groups excluding carboxylic acids is 4. The summed E-state index contributed by atoms with van der Waals surface area (Å²) in [5.74, 6) is -1.70. The van der Waals surface area contributed by atoms with E-state index in [1.54, 1.807) is 0 Å². The Morgan fingerprint density at radius 3 is 2.15 bits per heavy atom. The van der Waals surface area contributed by atoms with E-state index in [0.29, 0.717) is 0 Å². The Bertz CT molecular complexity index is 1150. The highest BCUT2D eigenvalue weighted by Gasteiger charge is 2.30. The number of hydrogen-bond donors (Lipinski definition) is 1. The lowest BCUT2D eigenvalue weighted by molar-refractivity contribution is -0.153. The van der Waals surface area contributed by atoms with E-state index in [1.807, 2.05) is 66.7 Å². The van der Waals surface area contributed by atoms with Gasteiger partial charge < -0.3 is 29.0 Å². The predicted octanol–water partition coefficient (Wildman–Crippen LogP) is 3.44. The van der Waals surface area contributed by atoms with E-state index in [2.05, 4.69) is 5.32 Å². The summed E-state index contributed by atoms with van der Waals surface area (Å²) in [6, 6.07) is 15.6. The van der Waals surface area contributed by atoms with Crippen LogP contribution in [0.15, 0.2) is 66.7 Å². The molecule has 2 aromatic rings. The minimum absolute atomic E-state index is 0.0209. The minimum atomic E-state index is -0.940. The van der Waals surface area contributed by atoms with Gasteiger partial charge in [-0.05, 0) is 16.7 Å². The molecule has 39 heavy (non-hydrogen) atoms. The molecule has 10 heteroatoms. The molecule has 0 aromatic heterocycles. The lowest BCUT2D eigenvalue weighted by atomic mass is 9.95. The number of carbonyl (C=O) groups is 4. The standard InChI is InChI=1S/C29H33NO9/c1-19(31)36-17-24-13-14-26(39-27(24)18-37-20(2)32)23-11-9-21(10-12-23)15-25(28(33)35-3)30-29(34)38-16-22-7-5-4-6-8-22/h4-14,24-27H,15-18H2,1-3H3,(H,30,34)/t24-,25+,26+,27-/m1/s1. The third-order valence-corrected chi connectivity index (χ3v) is 6.00. The number of alkyl carbamates (subject to hydrolysis) is 1. The first-order chi connectivity index (χ1) is 18.7. The molecule has 1 amide bonds. The molecule has 0 aliphatic carbocycles. The number of esters is 3. The van der Waals surface area contributed by atoms with Gasteiger partial charge in [0.2, 0.25) is 0 Å². The molecule has 1 aliphatic rings. The van der Waals surface area contributed by atoms with Crippen LogP contribution in [0.3, 0.4) is 0 Å². The summed E-state index contributed by atoms with van der Waals surface area (Å²) in [6.07, 6.45) is 2.28. The molecule has 0 saturated carbocycles. The van der Waals surface area contributed by atoms with Gasteiger partial charge in [0.15, 0.2) is 0 Å². The summed E-state index contributed by atoms with van der Waals surface area (Å²) < 4.78 is 26.5. The topological polar surface area (TPSA) is 126 Å². The van der Waals surface area contributed by atoms with E-state index in [1.165, 1.54) is 21.0 Å². The maximum atomic E-state index is 12.3. The first-order valence-corrected chi connectivity index (χ1v) is 12.5. The number of benzene rings is 2. The van der Waals surface area contributed by atoms with Crippen molar-refractivity contribution in [3.8, 4) is 0 Å². The maximum absolute atomic E-state index is 12.3. The van der Waals surface area contributed by atoms with Crippen LogP contribution in [-0.2, 0) is 51.1 Å². The largest absolute Gasteiger partial charge is 0.467 e. The van der Waals surface area contributed by atoms with Crippen molar-refractivity contribution in [1.82, 2.24) is 5.32 Å². The van der Waals surface area contributed by atoms with Gasteiger partial charge in [0, 0.05) is 26.2 Å². The van der Waals surface area contributed by atoms with Gasteiger partial charge in [0.25, 0.3) is 0 Å². The number of ether oxygens (including phenoxy) is 5. The number of amides is 1. The molecule has 2 aromatic carbocycles. The number of nitrogens with one attached hydrogen (secondary N) is 1. The monoisotopic (exact) mass is 539 g/mol. The van der Waals surface area contributed by atoms with Crippen LogP contribution in [0.4, 0.5) is 4.79 Å². The van der Waals surface area contributed by atoms with Crippen molar-refractivity contribution in [1.29, 1.82) is 0 Å². The fourth-order valence-electron chi connectivity index (χ4n) is 3.95. The Balaban J connectivity index is 1.62. The Morgan fingerprint density at radius 2 is 1.51 bits per heavy atom. The van der Waals surface area contributed by atoms with Crippen molar-refractivity contribution in [3.63, 3.8) is 0 Å². The molecule has 1 heterocycles. The normalized spacial score (nSPS) is 18.9. The highest BCUT2D eigenvalue weighted by Crippen LogP contribution is 2.30. The van der Waals surface area contributed by atoms with Crippen LogP contribution in [0.2, 0.25) is 0 Å². The van der Waals surface area contributed by atoms with Crippen LogP contribution in [0, 0.1) is 5.92 Å². The molecule has 10 nitrogen and oxygen atoms in total. The average molecular weight is 540 g/mol. The maximum Gasteiger partial charge on any atom is 0.408 e. The Morgan fingerprint density at radius 1 is 0.846 bits per heavy atom. The molecule has 4 atom stereocenters. The van der Waals surface area contributed by atoms with Gasteiger partial charge in [0.05, 0.1) is 7.11 Å². The van der Waals surface area contributed by atoms with Crippen molar-refractivity contribution in [3.05, 3.63) is 83.4 Å². The molecule has 0 spiro atoms. The predicted molar refractivity (Wildman–Crippen MR) is 139 cm³/mol. The smallest absolute Gasteiger partial charge is 0.408 e. The molecule has 0 unspecified atom stereocenters. The first-order valence-electron chi connectivity index (χ1n) is 12.5. The summed E-state index contributed by atoms with van der Waals surface area (Å²) in [5.41, 5.74) is 2.43. The quantitative estimate of drug-likeness (QED) is 0.260. The summed E-state index contributed by atoms with van der Waals surface area (Å²) >= 11 is 0. The Kier molecular flexibility index (Phi) is 11.1. The Labute approximate surface area is 227 Å². The van der Waals surface area contributed by atoms with Crippen LogP contribution in [0.25, 0.3) is 0 Å².